The molecule has 1 N–H and O–H groups in total. The van der Waals surface area contributed by atoms with Crippen molar-refractivity contribution in [3.05, 3.63) is 71.2 Å². The number of carbonyl (C=O) groups is 1. The fourth-order valence-corrected chi connectivity index (χ4v) is 4.58. The average molecular weight is 401 g/mol. The van der Waals surface area contributed by atoms with Crippen LogP contribution in [0.1, 0.15) is 21.6 Å². The van der Waals surface area contributed by atoms with E-state index in [0.29, 0.717) is 22.7 Å². The third kappa shape index (κ3) is 3.36. The van der Waals surface area contributed by atoms with Gasteiger partial charge in [-0.05, 0) is 42.5 Å². The highest BCUT2D eigenvalue weighted by atomic mass is 32.2. The van der Waals surface area contributed by atoms with Crippen LogP contribution in [-0.2, 0) is 21.3 Å². The normalized spacial score (nSPS) is 14.5. The Morgan fingerprint density at radius 1 is 1.18 bits per heavy atom. The lowest BCUT2D eigenvalue weighted by Crippen LogP contribution is -2.17. The van der Waals surface area contributed by atoms with Crippen molar-refractivity contribution in [1.29, 1.82) is 0 Å². The largest absolute Gasteiger partial charge is 0.497 e. The monoisotopic (exact) mass is 401 g/mol. The molecule has 1 amide bonds. The van der Waals surface area contributed by atoms with Crippen molar-refractivity contribution in [3.8, 4) is 11.4 Å². The molecular weight excluding hydrogens is 385 g/mol. The molecule has 9 heteroatoms. The van der Waals surface area contributed by atoms with Crippen LogP contribution in [0.3, 0.4) is 0 Å². The van der Waals surface area contributed by atoms with Gasteiger partial charge in [0.15, 0.2) is 9.84 Å². The first-order valence-electron chi connectivity index (χ1n) is 8.39. The Bertz CT molecular complexity index is 1170. The van der Waals surface area contributed by atoms with Crippen LogP contribution in [0.4, 0.5) is 10.2 Å². The van der Waals surface area contributed by atoms with E-state index in [1.165, 1.54) is 22.9 Å². The SMILES string of the molecule is COc1ccc(-n2nc3c(c2NC(=O)c2cccc(F)c2)CS(=O)(=O)C3)cc1. The maximum Gasteiger partial charge on any atom is 0.256 e. The van der Waals surface area contributed by atoms with Gasteiger partial charge in [-0.3, -0.25) is 4.79 Å². The number of anilines is 1. The number of aromatic nitrogens is 2. The summed E-state index contributed by atoms with van der Waals surface area (Å²) in [6.45, 7) is 0. The Kier molecular flexibility index (Phi) is 4.38. The topological polar surface area (TPSA) is 90.3 Å². The molecule has 0 spiro atoms. The third-order valence-corrected chi connectivity index (χ3v) is 5.87. The highest BCUT2D eigenvalue weighted by molar-refractivity contribution is 7.90. The van der Waals surface area contributed by atoms with Crippen molar-refractivity contribution in [2.75, 3.05) is 12.4 Å². The number of ether oxygens (including phenoxy) is 1. The lowest BCUT2D eigenvalue weighted by Gasteiger charge is -2.12. The Balaban J connectivity index is 1.76. The molecule has 28 heavy (non-hydrogen) atoms. The van der Waals surface area contributed by atoms with E-state index in [9.17, 15) is 17.6 Å². The molecule has 4 rings (SSSR count). The molecule has 0 saturated heterocycles. The van der Waals surface area contributed by atoms with Crippen molar-refractivity contribution < 1.29 is 22.3 Å². The van der Waals surface area contributed by atoms with E-state index < -0.39 is 21.6 Å². The molecule has 7 nitrogen and oxygen atoms in total. The number of fused-ring (bicyclic) bond motifs is 1. The van der Waals surface area contributed by atoms with Gasteiger partial charge in [0.05, 0.1) is 30.0 Å². The van der Waals surface area contributed by atoms with E-state index in [0.717, 1.165) is 6.07 Å². The van der Waals surface area contributed by atoms with Gasteiger partial charge in [-0.2, -0.15) is 5.10 Å². The molecular formula is C19H16FN3O4S. The minimum absolute atomic E-state index is 0.122. The van der Waals surface area contributed by atoms with E-state index in [2.05, 4.69) is 10.4 Å². The highest BCUT2D eigenvalue weighted by Crippen LogP contribution is 2.33. The van der Waals surface area contributed by atoms with Gasteiger partial charge in [0.25, 0.3) is 5.91 Å². The first kappa shape index (κ1) is 18.2. The molecule has 0 radical (unpaired) electrons. The first-order chi connectivity index (χ1) is 13.4. The van der Waals surface area contributed by atoms with Crippen molar-refractivity contribution in [3.63, 3.8) is 0 Å². The molecule has 1 aromatic heterocycles. The molecule has 0 aliphatic carbocycles. The molecule has 144 valence electrons. The van der Waals surface area contributed by atoms with Gasteiger partial charge < -0.3 is 10.1 Å². The van der Waals surface area contributed by atoms with Gasteiger partial charge in [0.2, 0.25) is 0 Å². The summed E-state index contributed by atoms with van der Waals surface area (Å²) in [7, 11) is -1.76. The number of benzene rings is 2. The number of nitrogens with one attached hydrogen (secondary N) is 1. The summed E-state index contributed by atoms with van der Waals surface area (Å²) in [6.07, 6.45) is 0. The first-order valence-corrected chi connectivity index (χ1v) is 10.2. The zero-order valence-corrected chi connectivity index (χ0v) is 15.7. The van der Waals surface area contributed by atoms with Gasteiger partial charge in [-0.15, -0.1) is 0 Å². The van der Waals surface area contributed by atoms with Crippen molar-refractivity contribution in [1.82, 2.24) is 9.78 Å². The predicted octanol–water partition coefficient (Wildman–Crippen LogP) is 2.70. The summed E-state index contributed by atoms with van der Waals surface area (Å²) in [5.74, 6) is -0.580. The zero-order valence-electron chi connectivity index (χ0n) is 14.8. The summed E-state index contributed by atoms with van der Waals surface area (Å²) in [4.78, 5) is 12.6. The minimum Gasteiger partial charge on any atom is -0.497 e. The van der Waals surface area contributed by atoms with E-state index in [4.69, 9.17) is 4.74 Å². The lowest BCUT2D eigenvalue weighted by molar-refractivity contribution is 0.102. The average Bonchev–Trinajstić information content (AvgIpc) is 3.14. The van der Waals surface area contributed by atoms with Crippen molar-refractivity contribution >= 4 is 21.6 Å². The van der Waals surface area contributed by atoms with Crippen LogP contribution in [-0.4, -0.2) is 31.2 Å². The number of nitrogens with zero attached hydrogens (tertiary/aromatic N) is 2. The standard InChI is InChI=1S/C19H16FN3O4S/c1-27-15-7-5-14(6-8-15)23-18(16-10-28(25,26)11-17(16)22-23)21-19(24)12-3-2-4-13(20)9-12/h2-9H,10-11H2,1H3,(H,21,24). The molecule has 1 aliphatic rings. The quantitative estimate of drug-likeness (QED) is 0.726. The summed E-state index contributed by atoms with van der Waals surface area (Å²) < 4.78 is 44.1. The number of sulfone groups is 1. The van der Waals surface area contributed by atoms with Crippen LogP contribution in [0.25, 0.3) is 5.69 Å². The van der Waals surface area contributed by atoms with Crippen LogP contribution >= 0.6 is 0 Å². The minimum atomic E-state index is -3.31. The molecule has 0 unspecified atom stereocenters. The Morgan fingerprint density at radius 3 is 2.61 bits per heavy atom. The van der Waals surface area contributed by atoms with Gasteiger partial charge in [-0.1, -0.05) is 6.07 Å². The second kappa shape index (κ2) is 6.75. The fourth-order valence-electron chi connectivity index (χ4n) is 3.09. The summed E-state index contributed by atoms with van der Waals surface area (Å²) in [6, 6.07) is 12.2. The molecule has 1 aliphatic heterocycles. The number of carbonyl (C=O) groups excluding carboxylic acids is 1. The van der Waals surface area contributed by atoms with E-state index in [-0.39, 0.29) is 22.9 Å². The van der Waals surface area contributed by atoms with Gasteiger partial charge >= 0.3 is 0 Å². The number of rotatable bonds is 4. The maximum atomic E-state index is 13.5. The van der Waals surface area contributed by atoms with Gasteiger partial charge in [0.1, 0.15) is 17.4 Å². The van der Waals surface area contributed by atoms with Crippen LogP contribution < -0.4 is 10.1 Å². The lowest BCUT2D eigenvalue weighted by atomic mass is 10.2. The summed E-state index contributed by atoms with van der Waals surface area (Å²) >= 11 is 0. The molecule has 0 atom stereocenters. The molecule has 2 aromatic carbocycles. The number of amides is 1. The van der Waals surface area contributed by atoms with Crippen molar-refractivity contribution in [2.45, 2.75) is 11.5 Å². The van der Waals surface area contributed by atoms with E-state index >= 15 is 0 Å². The molecule has 0 fully saturated rings. The van der Waals surface area contributed by atoms with Crippen LogP contribution in [0.5, 0.6) is 5.75 Å². The van der Waals surface area contributed by atoms with Crippen molar-refractivity contribution in [2.24, 2.45) is 0 Å². The van der Waals surface area contributed by atoms with Gasteiger partial charge in [0, 0.05) is 11.1 Å². The molecule has 0 saturated carbocycles. The highest BCUT2D eigenvalue weighted by Gasteiger charge is 2.33. The third-order valence-electron chi connectivity index (χ3n) is 4.42. The number of methoxy groups -OCH3 is 1. The van der Waals surface area contributed by atoms with Gasteiger partial charge in [-0.25, -0.2) is 17.5 Å². The molecule has 3 aromatic rings. The fraction of sp³-hybridized carbons (Fsp3) is 0.158. The number of hydrogen-bond acceptors (Lipinski definition) is 5. The Hall–Kier alpha value is -3.20. The molecule has 0 bridgehead atoms. The second-order valence-electron chi connectivity index (χ2n) is 6.38. The summed E-state index contributed by atoms with van der Waals surface area (Å²) in [5, 5.41) is 7.08. The summed E-state index contributed by atoms with van der Waals surface area (Å²) in [5.41, 5.74) is 1.59. The van der Waals surface area contributed by atoms with Crippen LogP contribution in [0.2, 0.25) is 0 Å². The Morgan fingerprint density at radius 2 is 1.93 bits per heavy atom. The number of hydrogen-bond donors (Lipinski definition) is 1. The molecule has 2 heterocycles. The van der Waals surface area contributed by atoms with Crippen LogP contribution in [0, 0.1) is 5.82 Å². The van der Waals surface area contributed by atoms with E-state index in [1.54, 1.807) is 31.4 Å². The Labute approximate surface area is 160 Å². The predicted molar refractivity (Wildman–Crippen MR) is 101 cm³/mol. The number of halogens is 1. The second-order valence-corrected chi connectivity index (χ2v) is 8.44. The van der Waals surface area contributed by atoms with Crippen LogP contribution in [0.15, 0.2) is 48.5 Å². The zero-order chi connectivity index (χ0) is 19.9. The van der Waals surface area contributed by atoms with E-state index in [1.807, 2.05) is 0 Å². The smallest absolute Gasteiger partial charge is 0.256 e. The maximum absolute atomic E-state index is 13.5.